The molecule has 1 fully saturated rings. The van der Waals surface area contributed by atoms with E-state index in [1.54, 1.807) is 0 Å². The van der Waals surface area contributed by atoms with Gasteiger partial charge in [-0.3, -0.25) is 10.1 Å². The average molecular weight is 152 g/mol. The largest absolute Gasteiger partial charge is 0.447 e. The minimum absolute atomic E-state index is 0. The normalized spacial score (nSPS) is 23.4. The maximum Gasteiger partial charge on any atom is 0.304 e. The third-order valence-corrected chi connectivity index (χ3v) is 1.09. The number of carbonyl (C=O) groups excluding carboxylic acids is 1. The molecule has 1 unspecified atom stereocenters. The molecule has 0 aromatic heterocycles. The Balaban J connectivity index is 0.000000640. The molecule has 1 aliphatic heterocycles. The van der Waals surface area contributed by atoms with Crippen molar-refractivity contribution in [3.05, 3.63) is 0 Å². The second-order valence-electron chi connectivity index (χ2n) is 1.84. The number of halogens is 1. The highest BCUT2D eigenvalue weighted by molar-refractivity contribution is 5.85. The zero-order chi connectivity index (χ0) is 5.98. The first-order valence-electron chi connectivity index (χ1n) is 2.69. The van der Waals surface area contributed by atoms with Gasteiger partial charge in [-0.15, -0.1) is 12.4 Å². The smallest absolute Gasteiger partial charge is 0.304 e. The van der Waals surface area contributed by atoms with Crippen LogP contribution in [0.2, 0.25) is 0 Å². The predicted molar refractivity (Wildman–Crippen MR) is 35.4 cm³/mol. The molecule has 9 heavy (non-hydrogen) atoms. The monoisotopic (exact) mass is 151 g/mol. The summed E-state index contributed by atoms with van der Waals surface area (Å²) >= 11 is 0. The van der Waals surface area contributed by atoms with Crippen molar-refractivity contribution in [1.82, 2.24) is 5.32 Å². The highest BCUT2D eigenvalue weighted by Crippen LogP contribution is 2.02. The second-order valence-corrected chi connectivity index (χ2v) is 1.84. The second kappa shape index (κ2) is 3.69. The number of carbonyl (C=O) groups is 1. The van der Waals surface area contributed by atoms with E-state index in [0.29, 0.717) is 0 Å². The van der Waals surface area contributed by atoms with Crippen molar-refractivity contribution in [2.45, 2.75) is 19.6 Å². The van der Waals surface area contributed by atoms with Crippen LogP contribution in [0.3, 0.4) is 0 Å². The number of hydrogen-bond acceptors (Lipinski definition) is 3. The maximum atomic E-state index is 10.2. The highest BCUT2D eigenvalue weighted by atomic mass is 35.5. The van der Waals surface area contributed by atoms with Gasteiger partial charge in [0.15, 0.2) is 6.23 Å². The zero-order valence-electron chi connectivity index (χ0n) is 5.22. The molecule has 1 atom stereocenters. The van der Waals surface area contributed by atoms with E-state index in [1.807, 2.05) is 0 Å². The van der Waals surface area contributed by atoms with Gasteiger partial charge in [0.2, 0.25) is 0 Å². The van der Waals surface area contributed by atoms with Crippen LogP contribution in [0.5, 0.6) is 0 Å². The molecule has 0 amide bonds. The maximum absolute atomic E-state index is 10.2. The zero-order valence-corrected chi connectivity index (χ0v) is 6.03. The molecule has 54 valence electrons. The van der Waals surface area contributed by atoms with Crippen molar-refractivity contribution in [3.63, 3.8) is 0 Å². The van der Waals surface area contributed by atoms with Crippen LogP contribution in [-0.2, 0) is 9.53 Å². The van der Waals surface area contributed by atoms with Gasteiger partial charge >= 0.3 is 5.97 Å². The molecule has 1 rings (SSSR count). The van der Waals surface area contributed by atoms with Gasteiger partial charge < -0.3 is 4.74 Å². The molecule has 0 aliphatic carbocycles. The first-order valence-corrected chi connectivity index (χ1v) is 2.69. The van der Waals surface area contributed by atoms with E-state index in [2.05, 4.69) is 5.32 Å². The summed E-state index contributed by atoms with van der Waals surface area (Å²) in [6, 6.07) is 0. The van der Waals surface area contributed by atoms with Crippen molar-refractivity contribution in [1.29, 1.82) is 0 Å². The Hall–Kier alpha value is -0.280. The fourth-order valence-electron chi connectivity index (χ4n) is 0.563. The van der Waals surface area contributed by atoms with E-state index in [4.69, 9.17) is 4.74 Å². The molecule has 0 spiro atoms. The third kappa shape index (κ3) is 2.67. The van der Waals surface area contributed by atoms with Gasteiger partial charge in [-0.05, 0) is 0 Å². The van der Waals surface area contributed by atoms with Gasteiger partial charge in [-0.25, -0.2) is 0 Å². The fourth-order valence-corrected chi connectivity index (χ4v) is 0.563. The first kappa shape index (κ1) is 8.72. The van der Waals surface area contributed by atoms with E-state index in [9.17, 15) is 4.79 Å². The summed E-state index contributed by atoms with van der Waals surface area (Å²) in [5.74, 6) is -0.206. The number of rotatable bonds is 1. The minimum Gasteiger partial charge on any atom is -0.447 e. The summed E-state index contributed by atoms with van der Waals surface area (Å²) in [6.45, 7) is 2.39. The highest BCUT2D eigenvalue weighted by Gasteiger charge is 2.17. The summed E-state index contributed by atoms with van der Waals surface area (Å²) in [5, 5.41) is 2.93. The van der Waals surface area contributed by atoms with Crippen molar-refractivity contribution in [2.24, 2.45) is 0 Å². The molecule has 0 aromatic carbocycles. The van der Waals surface area contributed by atoms with Gasteiger partial charge in [0, 0.05) is 19.9 Å². The molecule has 0 bridgehead atoms. The summed E-state index contributed by atoms with van der Waals surface area (Å²) in [6.07, 6.45) is 0.965. The van der Waals surface area contributed by atoms with E-state index < -0.39 is 0 Å². The van der Waals surface area contributed by atoms with Gasteiger partial charge in [-0.2, -0.15) is 0 Å². The quantitative estimate of drug-likeness (QED) is 0.548. The van der Waals surface area contributed by atoms with Crippen LogP contribution in [0.25, 0.3) is 0 Å². The summed E-state index contributed by atoms with van der Waals surface area (Å²) in [5.41, 5.74) is 0. The minimum atomic E-state index is -0.206. The molecule has 1 N–H and O–H groups in total. The number of esters is 1. The molecule has 1 aliphatic rings. The van der Waals surface area contributed by atoms with Crippen LogP contribution >= 0.6 is 12.4 Å². The number of nitrogens with one attached hydrogen (secondary N) is 1. The Morgan fingerprint density at radius 3 is 2.44 bits per heavy atom. The Kier molecular flexibility index (Phi) is 3.58. The lowest BCUT2D eigenvalue weighted by molar-refractivity contribution is -0.151. The standard InChI is InChI=1S/C5H9NO2.ClH/c1-4(7)8-5-2-3-6-5;/h5-6H,2-3H2,1H3;1H. The topological polar surface area (TPSA) is 38.3 Å². The number of ether oxygens (including phenoxy) is 1. The summed E-state index contributed by atoms with van der Waals surface area (Å²) in [4.78, 5) is 10.2. The van der Waals surface area contributed by atoms with Crippen molar-refractivity contribution >= 4 is 18.4 Å². The lowest BCUT2D eigenvalue weighted by atomic mass is 10.2. The summed E-state index contributed by atoms with van der Waals surface area (Å²) in [7, 11) is 0. The van der Waals surface area contributed by atoms with Crippen LogP contribution in [0.1, 0.15) is 13.3 Å². The average Bonchev–Trinajstić information content (AvgIpc) is 1.55. The van der Waals surface area contributed by atoms with E-state index in [-0.39, 0.29) is 24.6 Å². The summed E-state index contributed by atoms with van der Waals surface area (Å²) < 4.78 is 4.74. The van der Waals surface area contributed by atoms with Gasteiger partial charge in [0.25, 0.3) is 0 Å². The van der Waals surface area contributed by atoms with Crippen molar-refractivity contribution in [3.8, 4) is 0 Å². The molecule has 1 heterocycles. The van der Waals surface area contributed by atoms with Gasteiger partial charge in [0.05, 0.1) is 0 Å². The SMILES string of the molecule is CC(=O)OC1CCN1.Cl. The molecular formula is C5H10ClNO2. The van der Waals surface area contributed by atoms with Gasteiger partial charge in [0.1, 0.15) is 0 Å². The first-order chi connectivity index (χ1) is 3.79. The molecule has 0 saturated carbocycles. The van der Waals surface area contributed by atoms with Crippen LogP contribution in [0, 0.1) is 0 Å². The van der Waals surface area contributed by atoms with Crippen LogP contribution in [-0.4, -0.2) is 18.7 Å². The third-order valence-electron chi connectivity index (χ3n) is 1.09. The lowest BCUT2D eigenvalue weighted by Gasteiger charge is -2.26. The van der Waals surface area contributed by atoms with Gasteiger partial charge in [-0.1, -0.05) is 0 Å². The molecule has 0 radical (unpaired) electrons. The molecule has 1 saturated heterocycles. The molecule has 3 nitrogen and oxygen atoms in total. The Morgan fingerprint density at radius 1 is 1.78 bits per heavy atom. The van der Waals surface area contributed by atoms with E-state index in [1.165, 1.54) is 6.92 Å². The number of hydrogen-bond donors (Lipinski definition) is 1. The van der Waals surface area contributed by atoms with Crippen LogP contribution in [0.15, 0.2) is 0 Å². The Labute approximate surface area is 60.2 Å². The Bertz CT molecular complexity index is 103. The molecular weight excluding hydrogens is 142 g/mol. The fraction of sp³-hybridized carbons (Fsp3) is 0.800. The van der Waals surface area contributed by atoms with E-state index in [0.717, 1.165) is 13.0 Å². The molecule has 0 aromatic rings. The Morgan fingerprint density at radius 2 is 2.33 bits per heavy atom. The predicted octanol–water partition coefficient (Wildman–Crippen LogP) is 0.291. The van der Waals surface area contributed by atoms with Crippen molar-refractivity contribution in [2.75, 3.05) is 6.54 Å². The molecule has 4 heteroatoms. The van der Waals surface area contributed by atoms with E-state index >= 15 is 0 Å². The van der Waals surface area contributed by atoms with Crippen LogP contribution in [0.4, 0.5) is 0 Å². The lowest BCUT2D eigenvalue weighted by Crippen LogP contribution is -2.45. The van der Waals surface area contributed by atoms with Crippen LogP contribution < -0.4 is 5.32 Å². The van der Waals surface area contributed by atoms with Crippen molar-refractivity contribution < 1.29 is 9.53 Å².